The van der Waals surface area contributed by atoms with Gasteiger partial charge in [0.1, 0.15) is 0 Å². The summed E-state index contributed by atoms with van der Waals surface area (Å²) in [5, 5.41) is 1.28. The van der Waals surface area contributed by atoms with Crippen molar-refractivity contribution in [3.63, 3.8) is 0 Å². The number of nitrogens with zero attached hydrogens (tertiary/aromatic N) is 1. The minimum Gasteiger partial charge on any atom is -0.249 e. The van der Waals surface area contributed by atoms with Gasteiger partial charge in [-0.3, -0.25) is 0 Å². The molecule has 1 aliphatic carbocycles. The van der Waals surface area contributed by atoms with Crippen LogP contribution in [-0.2, 0) is 5.41 Å². The van der Waals surface area contributed by atoms with E-state index in [0.29, 0.717) is 0 Å². The van der Waals surface area contributed by atoms with Gasteiger partial charge in [0, 0.05) is 16.5 Å². The first-order valence-electron chi connectivity index (χ1n) is 4.53. The molecule has 1 heterocycles. The van der Waals surface area contributed by atoms with Crippen LogP contribution in [-0.4, -0.2) is 4.98 Å². The second-order valence-electron chi connectivity index (χ2n) is 4.59. The van der Waals surface area contributed by atoms with Crippen LogP contribution < -0.4 is 0 Å². The van der Waals surface area contributed by atoms with Crippen molar-refractivity contribution in [1.82, 2.24) is 4.98 Å². The van der Waals surface area contributed by atoms with E-state index < -0.39 is 0 Å². The van der Waals surface area contributed by atoms with Gasteiger partial charge in [0.15, 0.2) is 0 Å². The lowest BCUT2D eigenvalue weighted by atomic mass is 9.98. The maximum absolute atomic E-state index is 4.47. The summed E-state index contributed by atoms with van der Waals surface area (Å²) in [6.07, 6.45) is 4.83. The van der Waals surface area contributed by atoms with Gasteiger partial charge in [-0.15, -0.1) is 11.3 Å². The van der Waals surface area contributed by atoms with E-state index in [4.69, 9.17) is 0 Å². The van der Waals surface area contributed by atoms with Gasteiger partial charge < -0.3 is 0 Å². The molecule has 0 saturated heterocycles. The van der Waals surface area contributed by atoms with Gasteiger partial charge in [-0.1, -0.05) is 20.8 Å². The summed E-state index contributed by atoms with van der Waals surface area (Å²) in [5.41, 5.74) is 0.234. The second kappa shape index (κ2) is 2.56. The monoisotopic (exact) mass is 181 g/mol. The van der Waals surface area contributed by atoms with E-state index >= 15 is 0 Å². The Morgan fingerprint density at radius 1 is 1.42 bits per heavy atom. The number of aromatic nitrogens is 1. The normalized spacial score (nSPS) is 18.2. The predicted molar refractivity (Wildman–Crippen MR) is 52.8 cm³/mol. The molecule has 0 N–H and O–H groups in total. The smallest absolute Gasteiger partial charge is 0.0981 e. The standard InChI is InChI=1S/C10H15NS/c1-10(2,3)9-11-6-8(12-9)7-4-5-7/h6-7H,4-5H2,1-3H3. The third-order valence-electron chi connectivity index (χ3n) is 2.14. The van der Waals surface area contributed by atoms with Gasteiger partial charge in [0.05, 0.1) is 5.01 Å². The Morgan fingerprint density at radius 3 is 2.50 bits per heavy atom. The van der Waals surface area contributed by atoms with Gasteiger partial charge in [-0.2, -0.15) is 0 Å². The third-order valence-corrected chi connectivity index (χ3v) is 3.73. The lowest BCUT2D eigenvalue weighted by molar-refractivity contribution is 0.585. The predicted octanol–water partition coefficient (Wildman–Crippen LogP) is 3.32. The van der Waals surface area contributed by atoms with Crippen LogP contribution in [0.25, 0.3) is 0 Å². The highest BCUT2D eigenvalue weighted by Crippen LogP contribution is 2.43. The molecule has 2 rings (SSSR count). The van der Waals surface area contributed by atoms with Gasteiger partial charge >= 0.3 is 0 Å². The second-order valence-corrected chi connectivity index (χ2v) is 5.65. The highest BCUT2D eigenvalue weighted by atomic mass is 32.1. The van der Waals surface area contributed by atoms with Crippen molar-refractivity contribution in [1.29, 1.82) is 0 Å². The fraction of sp³-hybridized carbons (Fsp3) is 0.700. The Balaban J connectivity index is 2.23. The van der Waals surface area contributed by atoms with Crippen molar-refractivity contribution in [3.8, 4) is 0 Å². The number of thiazole rings is 1. The molecule has 2 heteroatoms. The van der Waals surface area contributed by atoms with Crippen LogP contribution in [0.1, 0.15) is 49.4 Å². The van der Waals surface area contributed by atoms with Crippen molar-refractivity contribution in [2.75, 3.05) is 0 Å². The van der Waals surface area contributed by atoms with Crippen LogP contribution >= 0.6 is 11.3 Å². The van der Waals surface area contributed by atoms with Crippen LogP contribution in [0.2, 0.25) is 0 Å². The maximum Gasteiger partial charge on any atom is 0.0981 e. The molecular weight excluding hydrogens is 166 g/mol. The zero-order valence-electron chi connectivity index (χ0n) is 7.92. The lowest BCUT2D eigenvalue weighted by Gasteiger charge is -2.13. The van der Waals surface area contributed by atoms with E-state index in [1.54, 1.807) is 0 Å². The van der Waals surface area contributed by atoms with Crippen LogP contribution in [0, 0.1) is 0 Å². The quantitative estimate of drug-likeness (QED) is 0.647. The fourth-order valence-electron chi connectivity index (χ4n) is 1.19. The summed E-state index contributed by atoms with van der Waals surface area (Å²) in [6, 6.07) is 0. The van der Waals surface area contributed by atoms with Crippen molar-refractivity contribution in [3.05, 3.63) is 16.1 Å². The highest BCUT2D eigenvalue weighted by molar-refractivity contribution is 7.11. The van der Waals surface area contributed by atoms with Gasteiger partial charge in [-0.05, 0) is 18.8 Å². The van der Waals surface area contributed by atoms with E-state index in [2.05, 4.69) is 32.0 Å². The SMILES string of the molecule is CC(C)(C)c1ncc(C2CC2)s1. The molecule has 0 radical (unpaired) electrons. The molecule has 1 aromatic rings. The highest BCUT2D eigenvalue weighted by Gasteiger charge is 2.27. The van der Waals surface area contributed by atoms with E-state index in [-0.39, 0.29) is 5.41 Å². The summed E-state index contributed by atoms with van der Waals surface area (Å²) in [7, 11) is 0. The Hall–Kier alpha value is -0.370. The lowest BCUT2D eigenvalue weighted by Crippen LogP contribution is -2.09. The zero-order valence-corrected chi connectivity index (χ0v) is 8.74. The minimum atomic E-state index is 0.234. The van der Waals surface area contributed by atoms with E-state index in [0.717, 1.165) is 5.92 Å². The molecule has 1 nitrogen and oxygen atoms in total. The fourth-order valence-corrected chi connectivity index (χ4v) is 2.33. The minimum absolute atomic E-state index is 0.234. The molecule has 0 atom stereocenters. The third kappa shape index (κ3) is 1.53. The van der Waals surface area contributed by atoms with Crippen molar-refractivity contribution in [2.45, 2.75) is 44.9 Å². The summed E-state index contributed by atoms with van der Waals surface area (Å²) < 4.78 is 0. The summed E-state index contributed by atoms with van der Waals surface area (Å²) >= 11 is 1.90. The average Bonchev–Trinajstić information content (AvgIpc) is 2.66. The molecule has 0 aromatic carbocycles. The molecule has 0 unspecified atom stereocenters. The zero-order chi connectivity index (χ0) is 8.77. The Bertz CT molecular complexity index is 278. The van der Waals surface area contributed by atoms with Crippen molar-refractivity contribution in [2.24, 2.45) is 0 Å². The molecule has 0 spiro atoms. The summed E-state index contributed by atoms with van der Waals surface area (Å²) in [6.45, 7) is 6.67. The Kier molecular flexibility index (Phi) is 1.76. The van der Waals surface area contributed by atoms with Gasteiger partial charge in [0.25, 0.3) is 0 Å². The van der Waals surface area contributed by atoms with Crippen LogP contribution in [0.5, 0.6) is 0 Å². The Morgan fingerprint density at radius 2 is 2.08 bits per heavy atom. The first kappa shape index (κ1) is 8.24. The first-order chi connectivity index (χ1) is 5.57. The van der Waals surface area contributed by atoms with Crippen molar-refractivity contribution < 1.29 is 0 Å². The molecule has 0 amide bonds. The molecule has 1 fully saturated rings. The molecule has 12 heavy (non-hydrogen) atoms. The maximum atomic E-state index is 4.47. The number of hydrogen-bond acceptors (Lipinski definition) is 2. The van der Waals surface area contributed by atoms with Crippen LogP contribution in [0.15, 0.2) is 6.20 Å². The summed E-state index contributed by atoms with van der Waals surface area (Å²) in [4.78, 5) is 5.97. The molecule has 1 aromatic heterocycles. The molecular formula is C10H15NS. The first-order valence-corrected chi connectivity index (χ1v) is 5.35. The molecule has 1 aliphatic rings. The van der Waals surface area contributed by atoms with Crippen LogP contribution in [0.3, 0.4) is 0 Å². The largest absolute Gasteiger partial charge is 0.249 e. The van der Waals surface area contributed by atoms with Crippen molar-refractivity contribution >= 4 is 11.3 Å². The average molecular weight is 181 g/mol. The van der Waals surface area contributed by atoms with E-state index in [9.17, 15) is 0 Å². The van der Waals surface area contributed by atoms with Crippen LogP contribution in [0.4, 0.5) is 0 Å². The molecule has 0 bridgehead atoms. The molecule has 0 aliphatic heterocycles. The number of hydrogen-bond donors (Lipinski definition) is 0. The van der Waals surface area contributed by atoms with Gasteiger partial charge in [-0.25, -0.2) is 4.98 Å². The van der Waals surface area contributed by atoms with Gasteiger partial charge in [0.2, 0.25) is 0 Å². The van der Waals surface area contributed by atoms with E-state index in [1.165, 1.54) is 22.7 Å². The topological polar surface area (TPSA) is 12.9 Å². The molecule has 66 valence electrons. The molecule has 1 saturated carbocycles. The number of rotatable bonds is 1. The Labute approximate surface area is 77.8 Å². The summed E-state index contributed by atoms with van der Waals surface area (Å²) in [5.74, 6) is 0.860. The van der Waals surface area contributed by atoms with E-state index in [1.807, 2.05) is 11.3 Å².